The number of nitrogens with zero attached hydrogens (tertiary/aromatic N) is 1. The summed E-state index contributed by atoms with van der Waals surface area (Å²) in [6, 6.07) is 4.86. The first-order chi connectivity index (χ1) is 9.56. The number of nitrogens with two attached hydrogens (primary N) is 1. The SMILES string of the molecule is CN1CCC(CCNc2cc(N)ccc2C(=O)O)CC1. The largest absolute Gasteiger partial charge is 0.478 e. The van der Waals surface area contributed by atoms with E-state index >= 15 is 0 Å². The Morgan fingerprint density at radius 2 is 2.15 bits per heavy atom. The Morgan fingerprint density at radius 3 is 2.80 bits per heavy atom. The second-order valence-corrected chi connectivity index (χ2v) is 5.57. The average molecular weight is 277 g/mol. The topological polar surface area (TPSA) is 78.6 Å². The minimum absolute atomic E-state index is 0.280. The van der Waals surface area contributed by atoms with Crippen LogP contribution in [-0.2, 0) is 0 Å². The summed E-state index contributed by atoms with van der Waals surface area (Å²) in [5.74, 6) is -0.195. The summed E-state index contributed by atoms with van der Waals surface area (Å²) < 4.78 is 0. The highest BCUT2D eigenvalue weighted by molar-refractivity contribution is 5.95. The van der Waals surface area contributed by atoms with Crippen LogP contribution in [0.2, 0.25) is 0 Å². The number of hydrogen-bond acceptors (Lipinski definition) is 4. The lowest BCUT2D eigenvalue weighted by Crippen LogP contribution is -2.30. The van der Waals surface area contributed by atoms with Crippen molar-refractivity contribution in [3.05, 3.63) is 23.8 Å². The Balaban J connectivity index is 1.87. The summed E-state index contributed by atoms with van der Waals surface area (Å²) in [7, 11) is 2.15. The zero-order valence-corrected chi connectivity index (χ0v) is 11.9. The predicted octanol–water partition coefficient (Wildman–Crippen LogP) is 2.11. The molecular formula is C15H23N3O2. The molecule has 0 aliphatic carbocycles. The Labute approximate surface area is 119 Å². The molecule has 0 amide bonds. The molecule has 0 bridgehead atoms. The predicted molar refractivity (Wildman–Crippen MR) is 81.1 cm³/mol. The van der Waals surface area contributed by atoms with Gasteiger partial charge in [0.1, 0.15) is 0 Å². The molecule has 4 N–H and O–H groups in total. The number of piperidine rings is 1. The lowest BCUT2D eigenvalue weighted by Gasteiger charge is -2.29. The second kappa shape index (κ2) is 6.61. The fourth-order valence-corrected chi connectivity index (χ4v) is 2.66. The Morgan fingerprint density at radius 1 is 1.45 bits per heavy atom. The number of carboxylic acid groups (broad SMARTS) is 1. The molecule has 0 spiro atoms. The van der Waals surface area contributed by atoms with E-state index in [1.165, 1.54) is 12.8 Å². The quantitative estimate of drug-likeness (QED) is 0.718. The van der Waals surface area contributed by atoms with Crippen molar-refractivity contribution in [2.45, 2.75) is 19.3 Å². The van der Waals surface area contributed by atoms with E-state index in [1.807, 2.05) is 0 Å². The van der Waals surface area contributed by atoms with Crippen molar-refractivity contribution in [3.8, 4) is 0 Å². The highest BCUT2D eigenvalue weighted by atomic mass is 16.4. The first-order valence-corrected chi connectivity index (χ1v) is 7.11. The van der Waals surface area contributed by atoms with Gasteiger partial charge in [-0.15, -0.1) is 0 Å². The van der Waals surface area contributed by atoms with E-state index < -0.39 is 5.97 Å². The summed E-state index contributed by atoms with van der Waals surface area (Å²) in [6.45, 7) is 3.10. The van der Waals surface area contributed by atoms with Gasteiger partial charge in [0.15, 0.2) is 0 Å². The highest BCUT2D eigenvalue weighted by Gasteiger charge is 2.16. The lowest BCUT2D eigenvalue weighted by molar-refractivity contribution is 0.0698. The number of hydrogen-bond donors (Lipinski definition) is 3. The van der Waals surface area contributed by atoms with Gasteiger partial charge in [0.2, 0.25) is 0 Å². The molecule has 1 aliphatic heterocycles. The second-order valence-electron chi connectivity index (χ2n) is 5.57. The molecule has 110 valence electrons. The van der Waals surface area contributed by atoms with Crippen molar-refractivity contribution in [2.24, 2.45) is 5.92 Å². The molecule has 0 saturated carbocycles. The molecule has 0 aromatic heterocycles. The van der Waals surface area contributed by atoms with Crippen LogP contribution in [0.15, 0.2) is 18.2 Å². The number of nitrogens with one attached hydrogen (secondary N) is 1. The zero-order valence-electron chi connectivity index (χ0n) is 11.9. The molecule has 1 saturated heterocycles. The Kier molecular flexibility index (Phi) is 4.84. The van der Waals surface area contributed by atoms with Crippen LogP contribution in [0.3, 0.4) is 0 Å². The van der Waals surface area contributed by atoms with Crippen LogP contribution >= 0.6 is 0 Å². The first-order valence-electron chi connectivity index (χ1n) is 7.11. The summed E-state index contributed by atoms with van der Waals surface area (Å²) in [5, 5.41) is 12.4. The molecule has 0 atom stereocenters. The summed E-state index contributed by atoms with van der Waals surface area (Å²) in [4.78, 5) is 13.5. The lowest BCUT2D eigenvalue weighted by atomic mass is 9.94. The van der Waals surface area contributed by atoms with Crippen LogP contribution in [-0.4, -0.2) is 42.7 Å². The van der Waals surface area contributed by atoms with Crippen LogP contribution < -0.4 is 11.1 Å². The van der Waals surface area contributed by atoms with Crippen molar-refractivity contribution in [1.82, 2.24) is 4.90 Å². The molecule has 5 nitrogen and oxygen atoms in total. The molecule has 20 heavy (non-hydrogen) atoms. The van der Waals surface area contributed by atoms with Gasteiger partial charge >= 0.3 is 5.97 Å². The van der Waals surface area contributed by atoms with E-state index in [0.717, 1.165) is 32.0 Å². The number of nitrogen functional groups attached to an aromatic ring is 1. The summed E-state index contributed by atoms with van der Waals surface area (Å²) in [6.07, 6.45) is 3.52. The van der Waals surface area contributed by atoms with Crippen LogP contribution in [0.25, 0.3) is 0 Å². The molecule has 0 unspecified atom stereocenters. The average Bonchev–Trinajstić information content (AvgIpc) is 2.41. The van der Waals surface area contributed by atoms with E-state index in [4.69, 9.17) is 10.8 Å². The number of anilines is 2. The number of benzene rings is 1. The summed E-state index contributed by atoms with van der Waals surface area (Å²) >= 11 is 0. The van der Waals surface area contributed by atoms with Gasteiger partial charge in [-0.25, -0.2) is 4.79 Å². The van der Waals surface area contributed by atoms with Gasteiger partial charge in [-0.1, -0.05) is 0 Å². The summed E-state index contributed by atoms with van der Waals surface area (Å²) in [5.41, 5.74) is 7.20. The minimum Gasteiger partial charge on any atom is -0.478 e. The zero-order chi connectivity index (χ0) is 14.5. The fourth-order valence-electron chi connectivity index (χ4n) is 2.66. The fraction of sp³-hybridized carbons (Fsp3) is 0.533. The van der Waals surface area contributed by atoms with E-state index in [9.17, 15) is 4.79 Å². The van der Waals surface area contributed by atoms with Crippen molar-refractivity contribution in [1.29, 1.82) is 0 Å². The van der Waals surface area contributed by atoms with Gasteiger partial charge in [0.25, 0.3) is 0 Å². The monoisotopic (exact) mass is 277 g/mol. The van der Waals surface area contributed by atoms with E-state index in [0.29, 0.717) is 11.4 Å². The number of carbonyl (C=O) groups is 1. The smallest absolute Gasteiger partial charge is 0.337 e. The van der Waals surface area contributed by atoms with Crippen LogP contribution in [0.4, 0.5) is 11.4 Å². The van der Waals surface area contributed by atoms with Gasteiger partial charge in [0, 0.05) is 12.2 Å². The molecule has 2 rings (SSSR count). The third kappa shape index (κ3) is 3.87. The maximum Gasteiger partial charge on any atom is 0.337 e. The van der Waals surface area contributed by atoms with Gasteiger partial charge in [-0.05, 0) is 63.5 Å². The number of aromatic carboxylic acids is 1. The number of rotatable bonds is 5. The van der Waals surface area contributed by atoms with Gasteiger partial charge < -0.3 is 21.1 Å². The van der Waals surface area contributed by atoms with Crippen LogP contribution in [0.5, 0.6) is 0 Å². The number of likely N-dealkylation sites (tertiary alicyclic amines) is 1. The maximum absolute atomic E-state index is 11.1. The van der Waals surface area contributed by atoms with Crippen molar-refractivity contribution in [2.75, 3.05) is 37.7 Å². The van der Waals surface area contributed by atoms with E-state index in [2.05, 4.69) is 17.3 Å². The van der Waals surface area contributed by atoms with Crippen LogP contribution in [0, 0.1) is 5.92 Å². The van der Waals surface area contributed by atoms with Gasteiger partial charge in [-0.3, -0.25) is 0 Å². The first kappa shape index (κ1) is 14.7. The molecule has 1 fully saturated rings. The van der Waals surface area contributed by atoms with Crippen molar-refractivity contribution < 1.29 is 9.90 Å². The molecule has 1 aromatic rings. The normalized spacial score (nSPS) is 17.1. The molecule has 5 heteroatoms. The van der Waals surface area contributed by atoms with Crippen LogP contribution in [0.1, 0.15) is 29.6 Å². The Hall–Kier alpha value is -1.75. The van der Waals surface area contributed by atoms with Gasteiger partial charge in [-0.2, -0.15) is 0 Å². The van der Waals surface area contributed by atoms with Gasteiger partial charge in [0.05, 0.1) is 11.3 Å². The third-order valence-electron chi connectivity index (χ3n) is 3.98. The highest BCUT2D eigenvalue weighted by Crippen LogP contribution is 2.22. The number of carboxylic acids is 1. The molecule has 1 aromatic carbocycles. The third-order valence-corrected chi connectivity index (χ3v) is 3.98. The standard InChI is InChI=1S/C15H23N3O2/c1-18-8-5-11(6-9-18)4-7-17-14-10-12(16)2-3-13(14)15(19)20/h2-3,10-11,17H,4-9,16H2,1H3,(H,19,20). The van der Waals surface area contributed by atoms with Crippen molar-refractivity contribution in [3.63, 3.8) is 0 Å². The molecule has 1 aliphatic rings. The van der Waals surface area contributed by atoms with E-state index in [-0.39, 0.29) is 5.56 Å². The minimum atomic E-state index is -0.924. The Bertz CT molecular complexity index is 468. The molecule has 1 heterocycles. The molecular weight excluding hydrogens is 254 g/mol. The van der Waals surface area contributed by atoms with Crippen molar-refractivity contribution >= 4 is 17.3 Å². The van der Waals surface area contributed by atoms with E-state index in [1.54, 1.807) is 18.2 Å². The molecule has 0 radical (unpaired) electrons. The maximum atomic E-state index is 11.1.